The molecule has 0 amide bonds. The first-order valence-electron chi connectivity index (χ1n) is 3.40. The number of aliphatic hydroxyl groups excluding tert-OH is 1. The third-order valence-electron chi connectivity index (χ3n) is 1.26. The quantitative estimate of drug-likeness (QED) is 0.468. The van der Waals surface area contributed by atoms with Gasteiger partial charge in [0, 0.05) is 5.69 Å². The molecule has 64 valence electrons. The Labute approximate surface area is 70.2 Å². The highest BCUT2D eigenvalue weighted by Gasteiger charge is 1.88. The zero-order valence-electron chi connectivity index (χ0n) is 6.40. The lowest BCUT2D eigenvalue weighted by Crippen LogP contribution is -2.00. The molecule has 0 aromatic heterocycles. The van der Waals surface area contributed by atoms with Crippen LogP contribution in [0.2, 0.25) is 0 Å². The van der Waals surface area contributed by atoms with Gasteiger partial charge in [0.05, 0.1) is 6.20 Å². The Morgan fingerprint density at radius 1 is 1.42 bits per heavy atom. The number of hydrogen-bond donors (Lipinski definition) is 3. The lowest BCUT2D eigenvalue weighted by molar-refractivity contribution is 0.0943. The third kappa shape index (κ3) is 2.51. The first kappa shape index (κ1) is 8.42. The normalized spacial score (nSPS) is 10.9. The van der Waals surface area contributed by atoms with Crippen molar-refractivity contribution in [1.82, 2.24) is 0 Å². The Morgan fingerprint density at radius 2 is 2.08 bits per heavy atom. The van der Waals surface area contributed by atoms with Gasteiger partial charge >= 0.3 is 5.95 Å². The monoisotopic (exact) mass is 166 g/mol. The van der Waals surface area contributed by atoms with Crippen molar-refractivity contribution < 1.29 is 9.94 Å². The van der Waals surface area contributed by atoms with Gasteiger partial charge in [0.25, 0.3) is 0 Å². The topological polar surface area (TPSA) is 67.5 Å². The number of nitrogens with two attached hydrogens (primary N) is 1. The van der Waals surface area contributed by atoms with Gasteiger partial charge in [-0.1, -0.05) is 18.2 Å². The van der Waals surface area contributed by atoms with Gasteiger partial charge in [0.1, 0.15) is 0 Å². The van der Waals surface area contributed by atoms with Crippen LogP contribution in [0, 0.1) is 0 Å². The first-order valence-corrected chi connectivity index (χ1v) is 3.40. The molecule has 0 aliphatic rings. The molecule has 0 spiro atoms. The SMILES string of the molecule is NO/C(O)=C\Nc1ccccc1. The second kappa shape index (κ2) is 4.25. The molecule has 12 heavy (non-hydrogen) atoms. The van der Waals surface area contributed by atoms with E-state index in [1.165, 1.54) is 6.20 Å². The molecule has 4 N–H and O–H groups in total. The Hall–Kier alpha value is -1.68. The lowest BCUT2D eigenvalue weighted by Gasteiger charge is -1.99. The third-order valence-corrected chi connectivity index (χ3v) is 1.26. The highest BCUT2D eigenvalue weighted by atomic mass is 16.7. The maximum absolute atomic E-state index is 8.77. The summed E-state index contributed by atoms with van der Waals surface area (Å²) in [7, 11) is 0. The molecule has 0 saturated heterocycles. The van der Waals surface area contributed by atoms with Crippen LogP contribution < -0.4 is 11.2 Å². The molecule has 0 fully saturated rings. The van der Waals surface area contributed by atoms with Crippen LogP contribution >= 0.6 is 0 Å². The molecule has 1 aromatic rings. The van der Waals surface area contributed by atoms with E-state index in [4.69, 9.17) is 5.11 Å². The first-order chi connectivity index (χ1) is 5.83. The zero-order chi connectivity index (χ0) is 8.81. The molecule has 1 aromatic carbocycles. The van der Waals surface area contributed by atoms with Crippen LogP contribution in [0.15, 0.2) is 42.5 Å². The smallest absolute Gasteiger partial charge is 0.313 e. The van der Waals surface area contributed by atoms with Gasteiger partial charge in [-0.3, -0.25) is 0 Å². The molecule has 0 heterocycles. The van der Waals surface area contributed by atoms with Crippen molar-refractivity contribution in [2.24, 2.45) is 5.90 Å². The van der Waals surface area contributed by atoms with Crippen LogP contribution in [0.5, 0.6) is 0 Å². The summed E-state index contributed by atoms with van der Waals surface area (Å²) in [6.07, 6.45) is 1.26. The van der Waals surface area contributed by atoms with Crippen molar-refractivity contribution in [2.75, 3.05) is 5.32 Å². The van der Waals surface area contributed by atoms with Crippen molar-refractivity contribution in [1.29, 1.82) is 0 Å². The second-order valence-corrected chi connectivity index (χ2v) is 2.11. The largest absolute Gasteiger partial charge is 0.479 e. The predicted molar refractivity (Wildman–Crippen MR) is 46.0 cm³/mol. The Balaban J connectivity index is 2.54. The Bertz CT molecular complexity index is 259. The molecular weight excluding hydrogens is 156 g/mol. The standard InChI is InChI=1S/C8H10N2O2/c9-12-8(11)6-10-7-4-2-1-3-5-7/h1-6,10-11H,9H2/b8-6-. The minimum absolute atomic E-state index is 0.362. The van der Waals surface area contributed by atoms with E-state index >= 15 is 0 Å². The van der Waals surface area contributed by atoms with E-state index in [1.54, 1.807) is 0 Å². The summed E-state index contributed by atoms with van der Waals surface area (Å²) in [6, 6.07) is 9.34. The van der Waals surface area contributed by atoms with Gasteiger partial charge in [0.2, 0.25) is 0 Å². The average molecular weight is 166 g/mol. The Morgan fingerprint density at radius 3 is 2.67 bits per heavy atom. The minimum Gasteiger partial charge on any atom is -0.479 e. The number of anilines is 1. The molecule has 0 unspecified atom stereocenters. The van der Waals surface area contributed by atoms with Gasteiger partial charge in [0.15, 0.2) is 0 Å². The minimum atomic E-state index is -0.362. The highest BCUT2D eigenvalue weighted by Crippen LogP contribution is 2.04. The summed E-state index contributed by atoms with van der Waals surface area (Å²) in [5, 5.41) is 11.5. The molecule has 0 aliphatic carbocycles. The van der Waals surface area contributed by atoms with Crippen LogP contribution in [0.1, 0.15) is 0 Å². The van der Waals surface area contributed by atoms with E-state index < -0.39 is 0 Å². The van der Waals surface area contributed by atoms with Crippen molar-refractivity contribution >= 4 is 5.69 Å². The van der Waals surface area contributed by atoms with Crippen LogP contribution in [0.3, 0.4) is 0 Å². The van der Waals surface area contributed by atoms with Gasteiger partial charge in [-0.05, 0) is 12.1 Å². The van der Waals surface area contributed by atoms with E-state index in [0.717, 1.165) is 5.69 Å². The molecule has 4 nitrogen and oxygen atoms in total. The second-order valence-electron chi connectivity index (χ2n) is 2.11. The number of hydrogen-bond acceptors (Lipinski definition) is 4. The van der Waals surface area contributed by atoms with Crippen LogP contribution in [-0.2, 0) is 4.84 Å². The van der Waals surface area contributed by atoms with Crippen LogP contribution in [-0.4, -0.2) is 5.11 Å². The maximum Gasteiger partial charge on any atom is 0.313 e. The van der Waals surface area contributed by atoms with Gasteiger partial charge in [-0.15, -0.1) is 0 Å². The fourth-order valence-electron chi connectivity index (χ4n) is 0.713. The predicted octanol–water partition coefficient (Wildman–Crippen LogP) is 1.35. The molecular formula is C8H10N2O2. The summed E-state index contributed by atoms with van der Waals surface area (Å²) in [4.78, 5) is 4.03. The summed E-state index contributed by atoms with van der Waals surface area (Å²) in [6.45, 7) is 0. The molecule has 0 atom stereocenters. The number of aliphatic hydroxyl groups is 1. The lowest BCUT2D eigenvalue weighted by atomic mass is 10.3. The number of nitrogens with one attached hydrogen (secondary N) is 1. The summed E-state index contributed by atoms with van der Waals surface area (Å²) in [5.74, 6) is 4.32. The van der Waals surface area contributed by atoms with E-state index in [0.29, 0.717) is 0 Å². The summed E-state index contributed by atoms with van der Waals surface area (Å²) < 4.78 is 0. The van der Waals surface area contributed by atoms with Crippen molar-refractivity contribution in [2.45, 2.75) is 0 Å². The van der Waals surface area contributed by atoms with Crippen molar-refractivity contribution in [3.63, 3.8) is 0 Å². The van der Waals surface area contributed by atoms with Gasteiger partial charge < -0.3 is 15.3 Å². The molecule has 0 saturated carbocycles. The van der Waals surface area contributed by atoms with E-state index in [-0.39, 0.29) is 5.95 Å². The average Bonchev–Trinajstić information content (AvgIpc) is 2.16. The summed E-state index contributed by atoms with van der Waals surface area (Å²) in [5.41, 5.74) is 0.848. The summed E-state index contributed by atoms with van der Waals surface area (Å²) >= 11 is 0. The van der Waals surface area contributed by atoms with Gasteiger partial charge in [-0.2, -0.15) is 5.90 Å². The number of benzene rings is 1. The number of rotatable bonds is 3. The maximum atomic E-state index is 8.77. The van der Waals surface area contributed by atoms with Gasteiger partial charge in [-0.25, -0.2) is 0 Å². The molecule has 0 radical (unpaired) electrons. The molecule has 0 aliphatic heterocycles. The van der Waals surface area contributed by atoms with Crippen LogP contribution in [0.25, 0.3) is 0 Å². The zero-order valence-corrected chi connectivity index (χ0v) is 6.40. The molecule has 1 rings (SSSR count). The van der Waals surface area contributed by atoms with E-state index in [2.05, 4.69) is 16.1 Å². The molecule has 4 heteroatoms. The fraction of sp³-hybridized carbons (Fsp3) is 0. The highest BCUT2D eigenvalue weighted by molar-refractivity contribution is 5.44. The fourth-order valence-corrected chi connectivity index (χ4v) is 0.713. The van der Waals surface area contributed by atoms with Crippen molar-refractivity contribution in [3.8, 4) is 0 Å². The Kier molecular flexibility index (Phi) is 2.98. The van der Waals surface area contributed by atoms with Crippen LogP contribution in [0.4, 0.5) is 5.69 Å². The van der Waals surface area contributed by atoms with E-state index in [9.17, 15) is 0 Å². The number of para-hydroxylation sites is 1. The van der Waals surface area contributed by atoms with E-state index in [1.807, 2.05) is 30.3 Å². The molecule has 0 bridgehead atoms. The van der Waals surface area contributed by atoms with Crippen molar-refractivity contribution in [3.05, 3.63) is 42.5 Å².